The zero-order valence-corrected chi connectivity index (χ0v) is 18.5. The molecule has 2 aromatic carbocycles. The summed E-state index contributed by atoms with van der Waals surface area (Å²) in [7, 11) is 0. The van der Waals surface area contributed by atoms with Crippen LogP contribution in [-0.2, 0) is 34.0 Å². The summed E-state index contributed by atoms with van der Waals surface area (Å²) in [4.78, 5) is 39.3. The summed E-state index contributed by atoms with van der Waals surface area (Å²) in [5, 5.41) is 5.43. The smallest absolute Gasteiger partial charge is 0.255 e. The number of fused-ring (bicyclic) bond motifs is 1. The first kappa shape index (κ1) is 22.9. The van der Waals surface area contributed by atoms with Crippen molar-refractivity contribution in [3.05, 3.63) is 64.5 Å². The summed E-state index contributed by atoms with van der Waals surface area (Å²) in [5.74, 6) is -1.50. The van der Waals surface area contributed by atoms with Crippen molar-refractivity contribution in [3.8, 4) is 0 Å². The monoisotopic (exact) mass is 454 g/mol. The van der Waals surface area contributed by atoms with Gasteiger partial charge in [0, 0.05) is 67.6 Å². The first-order valence-corrected chi connectivity index (χ1v) is 10.9. The quantitative estimate of drug-likeness (QED) is 0.664. The number of ether oxygens (including phenoxy) is 1. The van der Waals surface area contributed by atoms with Gasteiger partial charge in [-0.3, -0.25) is 24.6 Å². The topological polar surface area (TPSA) is 91.0 Å². The van der Waals surface area contributed by atoms with Gasteiger partial charge >= 0.3 is 0 Å². The van der Waals surface area contributed by atoms with Crippen LogP contribution in [0.4, 0.5) is 10.1 Å². The molecule has 0 unspecified atom stereocenters. The molecule has 4 rings (SSSR count). The lowest BCUT2D eigenvalue weighted by Gasteiger charge is -2.27. The predicted molar refractivity (Wildman–Crippen MR) is 120 cm³/mol. The SMILES string of the molecule is CC(=O)NC(=O)CN1Cc2c(NCc3cccc(CN4CCOCC4)c3F)cccc2C1=O. The van der Waals surface area contributed by atoms with Gasteiger partial charge in [-0.25, -0.2) is 4.39 Å². The molecule has 0 saturated carbocycles. The van der Waals surface area contributed by atoms with Gasteiger partial charge in [-0.05, 0) is 12.1 Å². The zero-order valence-electron chi connectivity index (χ0n) is 18.5. The van der Waals surface area contributed by atoms with Crippen LogP contribution in [-0.4, -0.2) is 60.4 Å². The maximum Gasteiger partial charge on any atom is 0.255 e. The second-order valence-corrected chi connectivity index (χ2v) is 8.23. The van der Waals surface area contributed by atoms with E-state index >= 15 is 4.39 Å². The molecule has 2 heterocycles. The van der Waals surface area contributed by atoms with Crippen LogP contribution in [0.2, 0.25) is 0 Å². The summed E-state index contributed by atoms with van der Waals surface area (Å²) in [6.45, 7) is 4.97. The van der Waals surface area contributed by atoms with Crippen molar-refractivity contribution in [2.45, 2.75) is 26.6 Å². The Balaban J connectivity index is 1.44. The van der Waals surface area contributed by atoms with E-state index in [1.54, 1.807) is 24.3 Å². The Bertz CT molecular complexity index is 1070. The number of benzene rings is 2. The Kier molecular flexibility index (Phi) is 7.00. The Morgan fingerprint density at radius 3 is 2.58 bits per heavy atom. The number of morpholine rings is 1. The number of nitrogens with zero attached hydrogens (tertiary/aromatic N) is 2. The molecule has 0 aromatic heterocycles. The fourth-order valence-electron chi connectivity index (χ4n) is 4.18. The fourth-order valence-corrected chi connectivity index (χ4v) is 4.18. The molecule has 1 saturated heterocycles. The Morgan fingerprint density at radius 2 is 1.82 bits per heavy atom. The molecule has 0 aliphatic carbocycles. The molecule has 33 heavy (non-hydrogen) atoms. The molecule has 2 aromatic rings. The Hall–Kier alpha value is -3.30. The number of carbonyl (C=O) groups is 3. The van der Waals surface area contributed by atoms with Crippen molar-refractivity contribution in [2.75, 3.05) is 38.2 Å². The van der Waals surface area contributed by atoms with E-state index in [4.69, 9.17) is 4.74 Å². The molecule has 0 spiro atoms. The van der Waals surface area contributed by atoms with E-state index in [2.05, 4.69) is 15.5 Å². The third kappa shape index (κ3) is 5.37. The predicted octanol–water partition coefficient (Wildman–Crippen LogP) is 1.89. The Labute approximate surface area is 191 Å². The highest BCUT2D eigenvalue weighted by Crippen LogP contribution is 2.30. The van der Waals surface area contributed by atoms with E-state index in [-0.39, 0.29) is 31.4 Å². The van der Waals surface area contributed by atoms with Crippen molar-refractivity contribution >= 4 is 23.4 Å². The van der Waals surface area contributed by atoms with Gasteiger partial charge in [-0.15, -0.1) is 0 Å². The first-order valence-electron chi connectivity index (χ1n) is 10.9. The number of anilines is 1. The number of halogens is 1. The fraction of sp³-hybridized carbons (Fsp3) is 0.375. The molecule has 0 radical (unpaired) electrons. The maximum atomic E-state index is 15.1. The van der Waals surface area contributed by atoms with Gasteiger partial charge in [0.2, 0.25) is 11.8 Å². The van der Waals surface area contributed by atoms with E-state index in [0.29, 0.717) is 42.1 Å². The maximum absolute atomic E-state index is 15.1. The lowest BCUT2D eigenvalue weighted by molar-refractivity contribution is -0.129. The van der Waals surface area contributed by atoms with Gasteiger partial charge < -0.3 is 15.0 Å². The summed E-state index contributed by atoms with van der Waals surface area (Å²) in [6, 6.07) is 10.7. The van der Waals surface area contributed by atoms with Crippen molar-refractivity contribution in [1.82, 2.24) is 15.1 Å². The number of rotatable bonds is 7. The number of hydrogen-bond donors (Lipinski definition) is 2. The number of carbonyl (C=O) groups excluding carboxylic acids is 3. The number of imide groups is 1. The van der Waals surface area contributed by atoms with Gasteiger partial charge in [-0.2, -0.15) is 0 Å². The van der Waals surface area contributed by atoms with Crippen LogP contribution >= 0.6 is 0 Å². The van der Waals surface area contributed by atoms with E-state index < -0.39 is 11.8 Å². The second-order valence-electron chi connectivity index (χ2n) is 8.23. The standard InChI is InChI=1S/C24H27FN4O4/c1-16(30)27-22(31)15-29-14-20-19(24(29)32)6-3-7-21(20)26-12-17-4-2-5-18(23(17)25)13-28-8-10-33-11-9-28/h2-7,26H,8-15H2,1H3,(H,27,30,31). The molecular weight excluding hydrogens is 427 g/mol. The lowest BCUT2D eigenvalue weighted by atomic mass is 10.1. The minimum absolute atomic E-state index is 0.204. The highest BCUT2D eigenvalue weighted by molar-refractivity contribution is 6.03. The normalized spacial score (nSPS) is 15.9. The van der Waals surface area contributed by atoms with Crippen LogP contribution < -0.4 is 10.6 Å². The second kappa shape index (κ2) is 10.1. The van der Waals surface area contributed by atoms with Gasteiger partial charge in [0.05, 0.1) is 13.2 Å². The van der Waals surface area contributed by atoms with Gasteiger partial charge in [-0.1, -0.05) is 24.3 Å². The number of nitrogens with one attached hydrogen (secondary N) is 2. The Morgan fingerprint density at radius 1 is 1.09 bits per heavy atom. The van der Waals surface area contributed by atoms with Gasteiger partial charge in [0.1, 0.15) is 12.4 Å². The molecule has 174 valence electrons. The first-order chi connectivity index (χ1) is 15.9. The third-order valence-electron chi connectivity index (χ3n) is 5.82. The molecule has 2 aliphatic heterocycles. The molecule has 9 heteroatoms. The molecule has 1 fully saturated rings. The molecule has 2 N–H and O–H groups in total. The van der Waals surface area contributed by atoms with Crippen LogP contribution in [0.25, 0.3) is 0 Å². The number of hydrogen-bond acceptors (Lipinski definition) is 6. The zero-order chi connectivity index (χ0) is 23.4. The summed E-state index contributed by atoms with van der Waals surface area (Å²) in [6.07, 6.45) is 0. The van der Waals surface area contributed by atoms with Crippen LogP contribution in [0, 0.1) is 5.82 Å². The molecular formula is C24H27FN4O4. The van der Waals surface area contributed by atoms with Crippen molar-refractivity contribution in [2.24, 2.45) is 0 Å². The lowest BCUT2D eigenvalue weighted by Crippen LogP contribution is -2.39. The van der Waals surface area contributed by atoms with Gasteiger partial charge in [0.25, 0.3) is 5.91 Å². The van der Waals surface area contributed by atoms with E-state index in [1.165, 1.54) is 11.8 Å². The van der Waals surface area contributed by atoms with E-state index in [1.807, 2.05) is 12.1 Å². The minimum Gasteiger partial charge on any atom is -0.381 e. The van der Waals surface area contributed by atoms with Crippen molar-refractivity contribution in [1.29, 1.82) is 0 Å². The largest absolute Gasteiger partial charge is 0.381 e. The number of amides is 3. The highest BCUT2D eigenvalue weighted by Gasteiger charge is 2.30. The molecule has 2 aliphatic rings. The van der Waals surface area contributed by atoms with E-state index in [0.717, 1.165) is 18.7 Å². The highest BCUT2D eigenvalue weighted by atomic mass is 19.1. The van der Waals surface area contributed by atoms with Gasteiger partial charge in [0.15, 0.2) is 0 Å². The average Bonchev–Trinajstić information content (AvgIpc) is 3.10. The summed E-state index contributed by atoms with van der Waals surface area (Å²) in [5.41, 5.74) is 3.15. The van der Waals surface area contributed by atoms with Crippen LogP contribution in [0.15, 0.2) is 36.4 Å². The minimum atomic E-state index is -0.530. The molecule has 3 amide bonds. The van der Waals surface area contributed by atoms with Crippen molar-refractivity contribution in [3.63, 3.8) is 0 Å². The average molecular weight is 455 g/mol. The van der Waals surface area contributed by atoms with E-state index in [9.17, 15) is 14.4 Å². The summed E-state index contributed by atoms with van der Waals surface area (Å²) < 4.78 is 20.5. The van der Waals surface area contributed by atoms with Crippen LogP contribution in [0.5, 0.6) is 0 Å². The van der Waals surface area contributed by atoms with Crippen LogP contribution in [0.1, 0.15) is 34.0 Å². The molecule has 0 atom stereocenters. The van der Waals surface area contributed by atoms with Crippen LogP contribution in [0.3, 0.4) is 0 Å². The summed E-state index contributed by atoms with van der Waals surface area (Å²) >= 11 is 0. The van der Waals surface area contributed by atoms with Crippen molar-refractivity contribution < 1.29 is 23.5 Å². The molecule has 8 nitrogen and oxygen atoms in total. The third-order valence-corrected chi connectivity index (χ3v) is 5.82. The molecule has 0 bridgehead atoms.